The summed E-state index contributed by atoms with van der Waals surface area (Å²) in [6.45, 7) is -0.847. The molecule has 0 saturated carbocycles. The molecule has 0 amide bonds. The summed E-state index contributed by atoms with van der Waals surface area (Å²) in [6.07, 6.45) is -3.32. The number of anilines is 1. The van der Waals surface area contributed by atoms with E-state index in [4.69, 9.17) is 31.9 Å². The summed E-state index contributed by atoms with van der Waals surface area (Å²) in [5.41, 5.74) is 3.44. The zero-order valence-corrected chi connectivity index (χ0v) is 20.9. The summed E-state index contributed by atoms with van der Waals surface area (Å²) in [7, 11) is 1.08. The van der Waals surface area contributed by atoms with Gasteiger partial charge in [-0.15, -0.1) is 0 Å². The van der Waals surface area contributed by atoms with Gasteiger partial charge in [-0.05, 0) is 28.8 Å². The lowest BCUT2D eigenvalue weighted by atomic mass is 9.93. The predicted molar refractivity (Wildman–Crippen MR) is 132 cm³/mol. The van der Waals surface area contributed by atoms with Gasteiger partial charge in [-0.25, -0.2) is 23.8 Å². The summed E-state index contributed by atoms with van der Waals surface area (Å²) in [4.78, 5) is 46.3. The standard InChI is InChI=1S/C23H23ClFN5O9/c1-38-13(16(33)17(25)30-10-27-15-18(26)28-22(24)29-19(15)30)9-39-23(20(34)35,21(36)37)8-12-4-2-11(3-5-12)6-7-14(31)32/h2-7,10,13,16-17,33H,8-9H2,1H3,(H,31,32)(H,34,35)(H,36,37)(H2,26,28,29)/b7-6+/t13-,16-,17-/m1/s1. The predicted octanol–water partition coefficient (Wildman–Crippen LogP) is 1.17. The number of hydrogen-bond acceptors (Lipinski definition) is 10. The number of hydrogen-bond donors (Lipinski definition) is 5. The Bertz CT molecular complexity index is 1380. The molecule has 0 aliphatic heterocycles. The fourth-order valence-corrected chi connectivity index (χ4v) is 3.75. The third-order valence-corrected chi connectivity index (χ3v) is 5.86. The van der Waals surface area contributed by atoms with Crippen LogP contribution in [0.5, 0.6) is 0 Å². The van der Waals surface area contributed by atoms with Crippen molar-refractivity contribution in [1.82, 2.24) is 19.5 Å². The Morgan fingerprint density at radius 2 is 1.82 bits per heavy atom. The van der Waals surface area contributed by atoms with E-state index in [1.807, 2.05) is 0 Å². The molecular weight excluding hydrogens is 545 g/mol. The van der Waals surface area contributed by atoms with Gasteiger partial charge in [0, 0.05) is 19.6 Å². The van der Waals surface area contributed by atoms with Crippen LogP contribution in [0.1, 0.15) is 17.4 Å². The maximum absolute atomic E-state index is 15.3. The van der Waals surface area contributed by atoms with E-state index in [-0.39, 0.29) is 27.8 Å². The third-order valence-electron chi connectivity index (χ3n) is 5.69. The highest BCUT2D eigenvalue weighted by Crippen LogP contribution is 2.27. The fourth-order valence-electron chi connectivity index (χ4n) is 3.58. The molecule has 16 heteroatoms. The first kappa shape index (κ1) is 29.4. The normalized spacial score (nSPS) is 14.4. The van der Waals surface area contributed by atoms with E-state index < -0.39 is 55.0 Å². The lowest BCUT2D eigenvalue weighted by Gasteiger charge is -2.30. The van der Waals surface area contributed by atoms with Crippen LogP contribution in [-0.4, -0.2) is 89.4 Å². The maximum atomic E-state index is 15.3. The monoisotopic (exact) mass is 567 g/mol. The number of alkyl halides is 1. The Kier molecular flexibility index (Phi) is 9.13. The number of nitrogens with zero attached hydrogens (tertiary/aromatic N) is 4. The van der Waals surface area contributed by atoms with Gasteiger partial charge in [0.1, 0.15) is 17.7 Å². The number of imidazole rings is 1. The molecule has 0 spiro atoms. The van der Waals surface area contributed by atoms with E-state index in [1.165, 1.54) is 30.3 Å². The first-order valence-electron chi connectivity index (χ1n) is 11.0. The molecular formula is C23H23ClFN5O9. The van der Waals surface area contributed by atoms with Crippen LogP contribution >= 0.6 is 11.6 Å². The molecule has 0 unspecified atom stereocenters. The molecule has 14 nitrogen and oxygen atoms in total. The number of aliphatic hydroxyl groups is 1. The molecule has 1 aromatic carbocycles. The molecule has 6 N–H and O–H groups in total. The summed E-state index contributed by atoms with van der Waals surface area (Å²) in [6, 6.07) is 5.70. The Balaban J connectivity index is 1.82. The quantitative estimate of drug-likeness (QED) is 0.111. The molecule has 208 valence electrons. The number of carboxylic acid groups (broad SMARTS) is 3. The first-order chi connectivity index (χ1) is 18.4. The minimum Gasteiger partial charge on any atom is -0.479 e. The second-order valence-electron chi connectivity index (χ2n) is 8.18. The number of nitrogen functional groups attached to an aromatic ring is 1. The molecule has 0 bridgehead atoms. The Morgan fingerprint density at radius 1 is 1.18 bits per heavy atom. The van der Waals surface area contributed by atoms with Crippen molar-refractivity contribution in [3.63, 3.8) is 0 Å². The average Bonchev–Trinajstić information content (AvgIpc) is 3.31. The molecule has 2 aromatic heterocycles. The zero-order chi connectivity index (χ0) is 28.9. The van der Waals surface area contributed by atoms with Gasteiger partial charge in [-0.3, -0.25) is 4.57 Å². The van der Waals surface area contributed by atoms with Gasteiger partial charge in [0.2, 0.25) is 11.6 Å². The number of carboxylic acids is 3. The number of carbonyl (C=O) groups is 3. The van der Waals surface area contributed by atoms with Crippen molar-refractivity contribution >= 4 is 52.6 Å². The number of rotatable bonds is 13. The zero-order valence-electron chi connectivity index (χ0n) is 20.1. The Morgan fingerprint density at radius 3 is 2.38 bits per heavy atom. The number of ether oxygens (including phenoxy) is 2. The van der Waals surface area contributed by atoms with Crippen LogP contribution in [0.2, 0.25) is 5.28 Å². The molecule has 0 aliphatic carbocycles. The van der Waals surface area contributed by atoms with Crippen LogP contribution in [0.3, 0.4) is 0 Å². The summed E-state index contributed by atoms with van der Waals surface area (Å²) in [5.74, 6) is -5.01. The lowest BCUT2D eigenvalue weighted by molar-refractivity contribution is -0.192. The van der Waals surface area contributed by atoms with Crippen molar-refractivity contribution in [3.8, 4) is 0 Å². The van der Waals surface area contributed by atoms with E-state index in [1.54, 1.807) is 0 Å². The van der Waals surface area contributed by atoms with Gasteiger partial charge in [0.05, 0.1) is 12.9 Å². The minimum absolute atomic E-state index is 0.0136. The second kappa shape index (κ2) is 12.1. The van der Waals surface area contributed by atoms with Crippen molar-refractivity contribution in [3.05, 3.63) is 53.1 Å². The molecule has 3 rings (SSSR count). The minimum atomic E-state index is -2.84. The van der Waals surface area contributed by atoms with E-state index >= 15 is 4.39 Å². The highest BCUT2D eigenvalue weighted by molar-refractivity contribution is 6.28. The lowest BCUT2D eigenvalue weighted by Crippen LogP contribution is -2.53. The van der Waals surface area contributed by atoms with Crippen LogP contribution in [0, 0.1) is 0 Å². The van der Waals surface area contributed by atoms with E-state index in [0.717, 1.165) is 24.1 Å². The fraction of sp³-hybridized carbons (Fsp3) is 0.304. The summed E-state index contributed by atoms with van der Waals surface area (Å²) >= 11 is 5.78. The number of benzene rings is 1. The van der Waals surface area contributed by atoms with Crippen LogP contribution in [0.15, 0.2) is 36.7 Å². The van der Waals surface area contributed by atoms with Crippen molar-refractivity contribution < 1.29 is 48.7 Å². The number of aliphatic carboxylic acids is 3. The molecule has 3 aromatic rings. The van der Waals surface area contributed by atoms with E-state index in [0.29, 0.717) is 5.56 Å². The number of halogens is 2. The van der Waals surface area contributed by atoms with Crippen LogP contribution in [0.4, 0.5) is 10.2 Å². The maximum Gasteiger partial charge on any atom is 0.348 e. The van der Waals surface area contributed by atoms with E-state index in [2.05, 4.69) is 15.0 Å². The van der Waals surface area contributed by atoms with Crippen molar-refractivity contribution in [2.24, 2.45) is 0 Å². The number of nitrogens with two attached hydrogens (primary N) is 1. The van der Waals surface area contributed by atoms with Gasteiger partial charge >= 0.3 is 17.9 Å². The Labute approximate surface area is 224 Å². The second-order valence-corrected chi connectivity index (χ2v) is 8.52. The number of fused-ring (bicyclic) bond motifs is 1. The van der Waals surface area contributed by atoms with Crippen molar-refractivity contribution in [2.45, 2.75) is 30.5 Å². The number of aliphatic hydroxyl groups excluding tert-OH is 1. The largest absolute Gasteiger partial charge is 0.479 e. The van der Waals surface area contributed by atoms with Crippen LogP contribution in [-0.2, 0) is 30.3 Å². The highest BCUT2D eigenvalue weighted by atomic mass is 35.5. The molecule has 2 heterocycles. The average molecular weight is 568 g/mol. The van der Waals surface area contributed by atoms with Gasteiger partial charge in [0.15, 0.2) is 11.5 Å². The van der Waals surface area contributed by atoms with Gasteiger partial charge in [0.25, 0.3) is 5.60 Å². The smallest absolute Gasteiger partial charge is 0.348 e. The van der Waals surface area contributed by atoms with Crippen molar-refractivity contribution in [1.29, 1.82) is 0 Å². The molecule has 0 fully saturated rings. The molecule has 3 atom stereocenters. The summed E-state index contributed by atoms with van der Waals surface area (Å²) < 4.78 is 26.5. The Hall–Kier alpha value is -4.18. The first-order valence-corrected chi connectivity index (χ1v) is 11.4. The van der Waals surface area contributed by atoms with Crippen LogP contribution < -0.4 is 5.73 Å². The van der Waals surface area contributed by atoms with E-state index in [9.17, 15) is 29.7 Å². The SMILES string of the molecule is CO[C@H](COC(Cc1ccc(/C=C/C(=O)O)cc1)(C(=O)O)C(=O)O)[C@@H](O)[C@H](F)n1cnc2c(N)nc(Cl)nc21. The molecule has 39 heavy (non-hydrogen) atoms. The summed E-state index contributed by atoms with van der Waals surface area (Å²) in [5, 5.41) is 38.7. The third kappa shape index (κ3) is 6.46. The molecule has 0 aliphatic rings. The van der Waals surface area contributed by atoms with Crippen molar-refractivity contribution in [2.75, 3.05) is 19.5 Å². The van der Waals surface area contributed by atoms with Gasteiger partial charge in [-0.1, -0.05) is 24.3 Å². The number of methoxy groups -OCH3 is 1. The van der Waals surface area contributed by atoms with Gasteiger partial charge < -0.3 is 35.6 Å². The molecule has 0 radical (unpaired) electrons. The number of aromatic nitrogens is 4. The van der Waals surface area contributed by atoms with Crippen LogP contribution in [0.25, 0.3) is 17.2 Å². The topological polar surface area (TPSA) is 220 Å². The molecule has 0 saturated heterocycles. The highest BCUT2D eigenvalue weighted by Gasteiger charge is 2.49. The van der Waals surface area contributed by atoms with Gasteiger partial charge in [-0.2, -0.15) is 9.97 Å².